The maximum atomic E-state index is 13.0. The van der Waals surface area contributed by atoms with Crippen molar-refractivity contribution in [1.82, 2.24) is 5.32 Å². The number of amides is 1. The molecule has 0 heterocycles. The van der Waals surface area contributed by atoms with Gasteiger partial charge in [0.05, 0.1) is 0 Å². The standard InChI is InChI=1S/C17H19FNO4P/c1-22-24(21,23-2)16(12-13-8-10-15(18)11-9-13)19-17(20)14-6-4-3-5-7-14/h3-11,16H,12H2,1-2H3,(H,19,20). The number of hydrogen-bond donors (Lipinski definition) is 1. The van der Waals surface area contributed by atoms with Crippen LogP contribution in [-0.4, -0.2) is 25.9 Å². The summed E-state index contributed by atoms with van der Waals surface area (Å²) in [5, 5.41) is 2.69. The van der Waals surface area contributed by atoms with E-state index in [1.807, 2.05) is 0 Å². The van der Waals surface area contributed by atoms with E-state index in [9.17, 15) is 13.8 Å². The van der Waals surface area contributed by atoms with Gasteiger partial charge in [-0.25, -0.2) is 4.39 Å². The number of rotatable bonds is 7. The molecule has 7 heteroatoms. The molecule has 0 bridgehead atoms. The van der Waals surface area contributed by atoms with Gasteiger partial charge in [0.25, 0.3) is 5.91 Å². The van der Waals surface area contributed by atoms with E-state index in [0.29, 0.717) is 11.1 Å². The minimum absolute atomic E-state index is 0.178. The molecule has 2 rings (SSSR count). The van der Waals surface area contributed by atoms with Crippen LogP contribution in [0.4, 0.5) is 4.39 Å². The summed E-state index contributed by atoms with van der Waals surface area (Å²) in [6, 6.07) is 14.3. The largest absolute Gasteiger partial charge is 0.352 e. The molecule has 128 valence electrons. The Kier molecular flexibility index (Phi) is 6.26. The van der Waals surface area contributed by atoms with Crippen LogP contribution in [-0.2, 0) is 20.0 Å². The van der Waals surface area contributed by atoms with Gasteiger partial charge in [-0.1, -0.05) is 30.3 Å². The molecule has 24 heavy (non-hydrogen) atoms. The Balaban J connectivity index is 2.24. The summed E-state index contributed by atoms with van der Waals surface area (Å²) in [6.07, 6.45) is 0.178. The van der Waals surface area contributed by atoms with Crippen molar-refractivity contribution in [3.05, 3.63) is 71.5 Å². The summed E-state index contributed by atoms with van der Waals surface area (Å²) >= 11 is 0. The summed E-state index contributed by atoms with van der Waals surface area (Å²) in [4.78, 5) is 12.4. The third-order valence-corrected chi connectivity index (χ3v) is 5.66. The molecule has 1 unspecified atom stereocenters. The Morgan fingerprint density at radius 3 is 2.21 bits per heavy atom. The van der Waals surface area contributed by atoms with Crippen LogP contribution in [0.5, 0.6) is 0 Å². The highest BCUT2D eigenvalue weighted by Crippen LogP contribution is 2.51. The molecule has 5 nitrogen and oxygen atoms in total. The van der Waals surface area contributed by atoms with Gasteiger partial charge in [0.2, 0.25) is 0 Å². The van der Waals surface area contributed by atoms with Gasteiger partial charge in [0.1, 0.15) is 11.6 Å². The fourth-order valence-corrected chi connectivity index (χ4v) is 3.61. The van der Waals surface area contributed by atoms with Crippen molar-refractivity contribution < 1.29 is 22.8 Å². The molecule has 1 atom stereocenters. The number of carbonyl (C=O) groups excluding carboxylic acids is 1. The minimum Gasteiger partial charge on any atom is -0.338 e. The number of benzene rings is 2. The summed E-state index contributed by atoms with van der Waals surface area (Å²) in [5.74, 6) is -1.66. The number of halogens is 1. The Hall–Kier alpha value is -2.01. The van der Waals surface area contributed by atoms with E-state index >= 15 is 0 Å². The monoisotopic (exact) mass is 351 g/mol. The van der Waals surface area contributed by atoms with Crippen molar-refractivity contribution in [2.45, 2.75) is 12.2 Å². The molecule has 0 aliphatic rings. The summed E-state index contributed by atoms with van der Waals surface area (Å²) < 4.78 is 35.9. The first-order valence-electron chi connectivity index (χ1n) is 7.30. The van der Waals surface area contributed by atoms with Gasteiger partial charge in [-0.05, 0) is 29.8 Å². The van der Waals surface area contributed by atoms with E-state index in [-0.39, 0.29) is 12.2 Å². The molecule has 0 fully saturated rings. The highest BCUT2D eigenvalue weighted by Gasteiger charge is 2.35. The van der Waals surface area contributed by atoms with Crippen LogP contribution in [0.25, 0.3) is 0 Å². The lowest BCUT2D eigenvalue weighted by Crippen LogP contribution is -2.37. The molecule has 0 saturated carbocycles. The Morgan fingerprint density at radius 2 is 1.67 bits per heavy atom. The maximum absolute atomic E-state index is 13.0. The normalized spacial score (nSPS) is 12.6. The predicted molar refractivity (Wildman–Crippen MR) is 89.4 cm³/mol. The molecule has 2 aromatic rings. The van der Waals surface area contributed by atoms with Crippen LogP contribution in [0.2, 0.25) is 0 Å². The molecule has 1 N–H and O–H groups in total. The van der Waals surface area contributed by atoms with Crippen LogP contribution in [0, 0.1) is 5.82 Å². The molecule has 0 aliphatic carbocycles. The highest BCUT2D eigenvalue weighted by atomic mass is 31.2. The van der Waals surface area contributed by atoms with Gasteiger partial charge in [-0.2, -0.15) is 0 Å². The van der Waals surface area contributed by atoms with E-state index < -0.39 is 19.3 Å². The molecule has 0 radical (unpaired) electrons. The Bertz CT molecular complexity index is 713. The van der Waals surface area contributed by atoms with E-state index in [4.69, 9.17) is 9.05 Å². The van der Waals surface area contributed by atoms with Gasteiger partial charge in [0, 0.05) is 26.2 Å². The van der Waals surface area contributed by atoms with Crippen LogP contribution in [0.15, 0.2) is 54.6 Å². The molecule has 0 aromatic heterocycles. The minimum atomic E-state index is -3.57. The van der Waals surface area contributed by atoms with Crippen molar-refractivity contribution in [3.8, 4) is 0 Å². The van der Waals surface area contributed by atoms with Crippen molar-refractivity contribution in [1.29, 1.82) is 0 Å². The van der Waals surface area contributed by atoms with Gasteiger partial charge in [-0.15, -0.1) is 0 Å². The SMILES string of the molecule is COP(=O)(OC)C(Cc1ccc(F)cc1)NC(=O)c1ccccc1. The zero-order valence-corrected chi connectivity index (χ0v) is 14.3. The summed E-state index contributed by atoms with van der Waals surface area (Å²) in [6.45, 7) is 0. The number of hydrogen-bond acceptors (Lipinski definition) is 4. The fourth-order valence-electron chi connectivity index (χ4n) is 2.24. The van der Waals surface area contributed by atoms with Gasteiger partial charge in [0.15, 0.2) is 0 Å². The van der Waals surface area contributed by atoms with Crippen LogP contribution in [0.1, 0.15) is 15.9 Å². The van der Waals surface area contributed by atoms with Gasteiger partial charge < -0.3 is 14.4 Å². The van der Waals surface area contributed by atoms with E-state index in [2.05, 4.69) is 5.32 Å². The highest BCUT2D eigenvalue weighted by molar-refractivity contribution is 7.54. The number of nitrogens with one attached hydrogen (secondary N) is 1. The molecule has 0 aliphatic heterocycles. The Morgan fingerprint density at radius 1 is 1.08 bits per heavy atom. The average Bonchev–Trinajstić information content (AvgIpc) is 2.63. The van der Waals surface area contributed by atoms with Crippen molar-refractivity contribution in [2.75, 3.05) is 14.2 Å². The van der Waals surface area contributed by atoms with E-state index in [0.717, 1.165) is 0 Å². The first-order valence-corrected chi connectivity index (χ1v) is 8.91. The third-order valence-electron chi connectivity index (χ3n) is 3.57. The smallest absolute Gasteiger partial charge is 0.338 e. The van der Waals surface area contributed by atoms with Crippen molar-refractivity contribution in [2.24, 2.45) is 0 Å². The van der Waals surface area contributed by atoms with Crippen molar-refractivity contribution in [3.63, 3.8) is 0 Å². The van der Waals surface area contributed by atoms with Gasteiger partial charge >= 0.3 is 7.60 Å². The van der Waals surface area contributed by atoms with Gasteiger partial charge in [-0.3, -0.25) is 9.36 Å². The average molecular weight is 351 g/mol. The zero-order chi connectivity index (χ0) is 17.6. The molecular weight excluding hydrogens is 332 g/mol. The van der Waals surface area contributed by atoms with Crippen LogP contribution in [0.3, 0.4) is 0 Å². The van der Waals surface area contributed by atoms with E-state index in [1.54, 1.807) is 42.5 Å². The molecule has 2 aromatic carbocycles. The van der Waals surface area contributed by atoms with E-state index in [1.165, 1.54) is 26.4 Å². The maximum Gasteiger partial charge on any atom is 0.352 e. The quantitative estimate of drug-likeness (QED) is 0.774. The first-order chi connectivity index (χ1) is 11.5. The lowest BCUT2D eigenvalue weighted by atomic mass is 10.1. The van der Waals surface area contributed by atoms with Crippen molar-refractivity contribution >= 4 is 13.5 Å². The van der Waals surface area contributed by atoms with Crippen LogP contribution >= 0.6 is 7.60 Å². The summed E-state index contributed by atoms with van der Waals surface area (Å²) in [5.41, 5.74) is 1.13. The lowest BCUT2D eigenvalue weighted by Gasteiger charge is -2.25. The summed E-state index contributed by atoms with van der Waals surface area (Å²) in [7, 11) is -1.05. The van der Waals surface area contributed by atoms with Crippen LogP contribution < -0.4 is 5.32 Å². The topological polar surface area (TPSA) is 64.6 Å². The second-order valence-electron chi connectivity index (χ2n) is 5.09. The number of carbonyl (C=O) groups is 1. The lowest BCUT2D eigenvalue weighted by molar-refractivity contribution is 0.0941. The third kappa shape index (κ3) is 4.51. The zero-order valence-electron chi connectivity index (χ0n) is 13.4. The fraction of sp³-hybridized carbons (Fsp3) is 0.235. The molecule has 0 saturated heterocycles. The molecular formula is C17H19FNO4P. The Labute approximate surface area is 140 Å². The second kappa shape index (κ2) is 8.20. The first kappa shape index (κ1) is 18.3. The molecule has 1 amide bonds. The molecule has 0 spiro atoms. The predicted octanol–water partition coefficient (Wildman–Crippen LogP) is 3.61. The second-order valence-corrected chi connectivity index (χ2v) is 7.52.